The van der Waals surface area contributed by atoms with Crippen LogP contribution in [-0.2, 0) is 0 Å². The molecule has 2 aliphatic rings. The summed E-state index contributed by atoms with van der Waals surface area (Å²) in [7, 11) is 0. The van der Waals surface area contributed by atoms with Crippen LogP contribution < -0.4 is 10.2 Å². The molecule has 3 aromatic carbocycles. The molecule has 31 heavy (non-hydrogen) atoms. The fourth-order valence-electron chi connectivity index (χ4n) is 3.58. The maximum absolute atomic E-state index is 12.0. The summed E-state index contributed by atoms with van der Waals surface area (Å²) in [6, 6.07) is 21.8. The third-order valence-electron chi connectivity index (χ3n) is 5.00. The molecule has 6 heteroatoms. The Morgan fingerprint density at radius 3 is 2.26 bits per heavy atom. The molecule has 0 aromatic heterocycles. The first-order valence-electron chi connectivity index (χ1n) is 9.48. The molecule has 1 aliphatic heterocycles. The SMILES string of the molecule is O=c1cc2oc3cc(O)c(O)cc3c(-c3cccc(Oc4ccccc4)c3)c-2cc1O. The van der Waals surface area contributed by atoms with Gasteiger partial charge < -0.3 is 24.5 Å². The van der Waals surface area contributed by atoms with E-state index in [0.29, 0.717) is 33.6 Å². The molecule has 0 atom stereocenters. The van der Waals surface area contributed by atoms with Crippen LogP contribution in [0.2, 0.25) is 0 Å². The van der Waals surface area contributed by atoms with E-state index in [1.807, 2.05) is 54.6 Å². The molecule has 0 fully saturated rings. The number of fused-ring (bicyclic) bond motifs is 2. The Balaban J connectivity index is 1.78. The summed E-state index contributed by atoms with van der Waals surface area (Å²) in [6.07, 6.45) is 0. The molecular formula is C25H16O6. The van der Waals surface area contributed by atoms with Gasteiger partial charge in [0.1, 0.15) is 22.8 Å². The van der Waals surface area contributed by atoms with Crippen LogP contribution in [-0.4, -0.2) is 15.3 Å². The maximum atomic E-state index is 12.0. The molecule has 0 radical (unpaired) electrons. The second-order valence-corrected chi connectivity index (χ2v) is 7.07. The van der Waals surface area contributed by atoms with E-state index in [1.54, 1.807) is 0 Å². The summed E-state index contributed by atoms with van der Waals surface area (Å²) >= 11 is 0. The quantitative estimate of drug-likeness (QED) is 0.268. The van der Waals surface area contributed by atoms with E-state index >= 15 is 0 Å². The summed E-state index contributed by atoms with van der Waals surface area (Å²) in [5, 5.41) is 30.6. The number of aromatic hydroxyl groups is 3. The molecule has 0 amide bonds. The molecule has 0 bridgehead atoms. The van der Waals surface area contributed by atoms with Gasteiger partial charge in [-0.05, 0) is 42.0 Å². The molecule has 3 aromatic rings. The van der Waals surface area contributed by atoms with E-state index in [2.05, 4.69) is 0 Å². The zero-order valence-corrected chi connectivity index (χ0v) is 16.1. The van der Waals surface area contributed by atoms with Gasteiger partial charge in [0.15, 0.2) is 17.2 Å². The lowest BCUT2D eigenvalue weighted by atomic mass is 9.93. The van der Waals surface area contributed by atoms with Crippen molar-refractivity contribution in [1.29, 1.82) is 0 Å². The van der Waals surface area contributed by atoms with Gasteiger partial charge in [-0.25, -0.2) is 0 Å². The van der Waals surface area contributed by atoms with Crippen LogP contribution in [0, 0.1) is 0 Å². The second-order valence-electron chi connectivity index (χ2n) is 7.07. The summed E-state index contributed by atoms with van der Waals surface area (Å²) in [4.78, 5) is 12.0. The second kappa shape index (κ2) is 7.11. The molecule has 0 unspecified atom stereocenters. The van der Waals surface area contributed by atoms with E-state index in [-0.39, 0.29) is 22.8 Å². The lowest BCUT2D eigenvalue weighted by Crippen LogP contribution is -2.01. The van der Waals surface area contributed by atoms with Gasteiger partial charge in [0.05, 0.1) is 0 Å². The molecule has 1 heterocycles. The Bertz CT molecular complexity index is 1450. The van der Waals surface area contributed by atoms with Gasteiger partial charge in [0, 0.05) is 28.6 Å². The molecule has 5 rings (SSSR count). The highest BCUT2D eigenvalue weighted by molar-refractivity contribution is 6.03. The summed E-state index contributed by atoms with van der Waals surface area (Å²) in [5.41, 5.74) is 1.50. The lowest BCUT2D eigenvalue weighted by Gasteiger charge is -2.16. The predicted molar refractivity (Wildman–Crippen MR) is 116 cm³/mol. The van der Waals surface area contributed by atoms with Crippen molar-refractivity contribution in [2.45, 2.75) is 0 Å². The van der Waals surface area contributed by atoms with Crippen molar-refractivity contribution in [3.8, 4) is 51.2 Å². The van der Waals surface area contributed by atoms with E-state index in [9.17, 15) is 20.1 Å². The highest BCUT2D eigenvalue weighted by Crippen LogP contribution is 2.44. The van der Waals surface area contributed by atoms with Gasteiger partial charge in [0.2, 0.25) is 5.43 Å². The van der Waals surface area contributed by atoms with Crippen molar-refractivity contribution >= 4 is 11.0 Å². The topological polar surface area (TPSA) is 100 Å². The van der Waals surface area contributed by atoms with Gasteiger partial charge in [-0.15, -0.1) is 0 Å². The van der Waals surface area contributed by atoms with Crippen molar-refractivity contribution in [1.82, 2.24) is 0 Å². The maximum Gasteiger partial charge on any atom is 0.223 e. The minimum Gasteiger partial charge on any atom is -0.504 e. The third-order valence-corrected chi connectivity index (χ3v) is 5.00. The molecular weight excluding hydrogens is 396 g/mol. The number of para-hydroxylation sites is 1. The van der Waals surface area contributed by atoms with E-state index in [4.69, 9.17) is 9.15 Å². The van der Waals surface area contributed by atoms with Crippen LogP contribution in [0.3, 0.4) is 0 Å². The van der Waals surface area contributed by atoms with Crippen molar-refractivity contribution in [2.75, 3.05) is 0 Å². The smallest absolute Gasteiger partial charge is 0.223 e. The monoisotopic (exact) mass is 412 g/mol. The van der Waals surface area contributed by atoms with Crippen molar-refractivity contribution in [2.24, 2.45) is 0 Å². The van der Waals surface area contributed by atoms with Crippen LogP contribution in [0.15, 0.2) is 88.1 Å². The number of ether oxygens (including phenoxy) is 1. The van der Waals surface area contributed by atoms with E-state index in [1.165, 1.54) is 24.3 Å². The summed E-state index contributed by atoms with van der Waals surface area (Å²) in [6.45, 7) is 0. The first kappa shape index (κ1) is 18.6. The lowest BCUT2D eigenvalue weighted by molar-refractivity contribution is 0.404. The van der Waals surface area contributed by atoms with Gasteiger partial charge in [-0.3, -0.25) is 4.79 Å². The molecule has 1 aliphatic carbocycles. The fourth-order valence-corrected chi connectivity index (χ4v) is 3.58. The van der Waals surface area contributed by atoms with Gasteiger partial charge >= 0.3 is 0 Å². The number of phenolic OH excluding ortho intramolecular Hbond substituents is 3. The molecule has 6 nitrogen and oxygen atoms in total. The standard InChI is InChI=1S/C25H16O6/c26-19-10-17-23(12-21(19)28)31-24-13-22(29)20(27)11-18(24)25(17)14-5-4-8-16(9-14)30-15-6-2-1-3-7-15/h1-13,26-28H. The number of hydrogen-bond acceptors (Lipinski definition) is 6. The zero-order valence-electron chi connectivity index (χ0n) is 16.1. The molecule has 152 valence electrons. The Labute approximate surface area is 176 Å². The average Bonchev–Trinajstić information content (AvgIpc) is 2.75. The minimum atomic E-state index is -0.578. The van der Waals surface area contributed by atoms with Crippen molar-refractivity contribution in [3.63, 3.8) is 0 Å². The fraction of sp³-hybridized carbons (Fsp3) is 0. The molecule has 3 N–H and O–H groups in total. The number of benzene rings is 4. The molecule has 0 saturated heterocycles. The van der Waals surface area contributed by atoms with Crippen LogP contribution in [0.4, 0.5) is 0 Å². The Morgan fingerprint density at radius 1 is 0.710 bits per heavy atom. The van der Waals surface area contributed by atoms with Gasteiger partial charge in [-0.2, -0.15) is 0 Å². The predicted octanol–water partition coefficient (Wildman–Crippen LogP) is 5.47. The number of hydrogen-bond donors (Lipinski definition) is 3. The first-order valence-corrected chi connectivity index (χ1v) is 9.48. The third kappa shape index (κ3) is 3.30. The molecule has 0 spiro atoms. The summed E-state index contributed by atoms with van der Waals surface area (Å²) in [5.74, 6) is 0.424. The average molecular weight is 412 g/mol. The first-order chi connectivity index (χ1) is 15.0. The number of phenols is 3. The summed E-state index contributed by atoms with van der Waals surface area (Å²) < 4.78 is 11.7. The van der Waals surface area contributed by atoms with Crippen LogP contribution in [0.1, 0.15) is 0 Å². The molecule has 0 saturated carbocycles. The highest BCUT2D eigenvalue weighted by atomic mass is 16.5. The Morgan fingerprint density at radius 2 is 1.45 bits per heavy atom. The normalized spacial score (nSPS) is 11.1. The Hall–Kier alpha value is -4.45. The largest absolute Gasteiger partial charge is 0.504 e. The van der Waals surface area contributed by atoms with E-state index < -0.39 is 11.2 Å². The van der Waals surface area contributed by atoms with Gasteiger partial charge in [-0.1, -0.05) is 30.3 Å². The zero-order chi connectivity index (χ0) is 21.5. The van der Waals surface area contributed by atoms with Crippen molar-refractivity contribution < 1.29 is 24.5 Å². The van der Waals surface area contributed by atoms with E-state index in [0.717, 1.165) is 0 Å². The Kier molecular flexibility index (Phi) is 4.26. The van der Waals surface area contributed by atoms with Crippen LogP contribution in [0.25, 0.3) is 33.4 Å². The van der Waals surface area contributed by atoms with Crippen LogP contribution in [0.5, 0.6) is 28.7 Å². The highest BCUT2D eigenvalue weighted by Gasteiger charge is 2.21. The van der Waals surface area contributed by atoms with Crippen LogP contribution >= 0.6 is 0 Å². The minimum absolute atomic E-state index is 0.241. The van der Waals surface area contributed by atoms with Gasteiger partial charge in [0.25, 0.3) is 0 Å². The number of rotatable bonds is 3. The van der Waals surface area contributed by atoms with Crippen molar-refractivity contribution in [3.05, 3.63) is 89.1 Å².